The minimum Gasteiger partial charge on any atom is -0.422 e. The Labute approximate surface area is 195 Å². The van der Waals surface area contributed by atoms with E-state index in [1.165, 1.54) is 9.13 Å². The molecular weight excluding hydrogens is 591 g/mol. The molecule has 0 aliphatic carbocycles. The van der Waals surface area contributed by atoms with Crippen LogP contribution in [0.4, 0.5) is 11.6 Å². The fourth-order valence-electron chi connectivity index (χ4n) is 2.56. The van der Waals surface area contributed by atoms with Crippen LogP contribution in [-0.2, 0) is 21.1 Å². The third-order valence-electron chi connectivity index (χ3n) is 3.89. The third kappa shape index (κ3) is 3.93. The molecular formula is C20H6N10OPt. The van der Waals surface area contributed by atoms with E-state index in [1.54, 1.807) is 36.4 Å². The molecule has 0 saturated heterocycles. The van der Waals surface area contributed by atoms with E-state index in [-0.39, 0.29) is 67.5 Å². The van der Waals surface area contributed by atoms with Gasteiger partial charge in [-0.1, -0.05) is 36.3 Å². The van der Waals surface area contributed by atoms with E-state index in [2.05, 4.69) is 42.3 Å². The fraction of sp³-hybridized carbons (Fsp3) is 0. The van der Waals surface area contributed by atoms with Gasteiger partial charge in [-0.05, 0) is 18.2 Å². The second-order valence-electron chi connectivity index (χ2n) is 5.66. The zero-order chi connectivity index (χ0) is 21.8. The Morgan fingerprint density at radius 1 is 0.875 bits per heavy atom. The van der Waals surface area contributed by atoms with Crippen LogP contribution in [0, 0.1) is 48.5 Å². The summed E-state index contributed by atoms with van der Waals surface area (Å²) in [4.78, 5) is 22.7. The molecule has 0 aliphatic rings. The summed E-state index contributed by atoms with van der Waals surface area (Å²) in [6, 6.07) is 13.4. The predicted octanol–water partition coefficient (Wildman–Crippen LogP) is 3.08. The molecule has 0 aromatic carbocycles. The number of rotatable bonds is 4. The van der Waals surface area contributed by atoms with Crippen molar-refractivity contribution in [3.63, 3.8) is 0 Å². The van der Waals surface area contributed by atoms with Crippen LogP contribution in [0.2, 0.25) is 0 Å². The van der Waals surface area contributed by atoms with Gasteiger partial charge in [0, 0.05) is 12.0 Å². The van der Waals surface area contributed by atoms with E-state index in [0.717, 1.165) is 0 Å². The zero-order valence-corrected chi connectivity index (χ0v) is 17.9. The van der Waals surface area contributed by atoms with Crippen molar-refractivity contribution in [2.45, 2.75) is 0 Å². The Bertz CT molecular complexity index is 1360. The Hall–Kier alpha value is -4.83. The summed E-state index contributed by atoms with van der Waals surface area (Å²) < 4.78 is 8.23. The Morgan fingerprint density at radius 3 is 2.06 bits per heavy atom. The molecule has 4 heterocycles. The second-order valence-corrected chi connectivity index (χ2v) is 5.66. The minimum atomic E-state index is -0.0703. The van der Waals surface area contributed by atoms with Gasteiger partial charge < -0.3 is 24.0 Å². The quantitative estimate of drug-likeness (QED) is 0.331. The van der Waals surface area contributed by atoms with Crippen LogP contribution in [-0.4, -0.2) is 29.1 Å². The Kier molecular flexibility index (Phi) is 6.37. The van der Waals surface area contributed by atoms with Crippen molar-refractivity contribution in [2.75, 3.05) is 0 Å². The maximum Gasteiger partial charge on any atom is 2.00 e. The second kappa shape index (κ2) is 9.32. The molecule has 0 amide bonds. The van der Waals surface area contributed by atoms with Crippen LogP contribution < -0.4 is 4.74 Å². The smallest absolute Gasteiger partial charge is 0.422 e. The molecule has 11 nitrogen and oxygen atoms in total. The van der Waals surface area contributed by atoms with Gasteiger partial charge in [0.25, 0.3) is 12.1 Å². The van der Waals surface area contributed by atoms with E-state index < -0.39 is 0 Å². The van der Waals surface area contributed by atoms with Crippen LogP contribution in [0.5, 0.6) is 11.8 Å². The van der Waals surface area contributed by atoms with Crippen LogP contribution in [0.1, 0.15) is 11.4 Å². The number of imidazole rings is 2. The molecule has 32 heavy (non-hydrogen) atoms. The number of nitriles is 2. The van der Waals surface area contributed by atoms with Gasteiger partial charge in [-0.25, -0.2) is 20.5 Å². The molecule has 0 spiro atoms. The molecule has 0 radical (unpaired) electrons. The van der Waals surface area contributed by atoms with Crippen LogP contribution in [0.3, 0.4) is 0 Å². The molecule has 0 aliphatic heterocycles. The number of hydrogen-bond donors (Lipinski definition) is 0. The summed E-state index contributed by atoms with van der Waals surface area (Å²) in [7, 11) is 0. The SMILES string of the molecule is [C-]#[N+]c1n[c-]n(-c2cccc(Oc3cccc(-n4[c-]nc(C#N)c4C#N)n3)n2)c1[N+]#[C-].[Pt+2]. The van der Waals surface area contributed by atoms with Gasteiger partial charge in [0.2, 0.25) is 11.8 Å². The molecule has 0 bridgehead atoms. The summed E-state index contributed by atoms with van der Waals surface area (Å²) in [6.07, 6.45) is 5.12. The molecule has 0 unspecified atom stereocenters. The zero-order valence-electron chi connectivity index (χ0n) is 15.7. The maximum absolute atomic E-state index is 9.29. The van der Waals surface area contributed by atoms with Gasteiger partial charge in [0.15, 0.2) is 0 Å². The topological polar surface area (TPSA) is 127 Å². The number of pyridine rings is 2. The summed E-state index contributed by atoms with van der Waals surface area (Å²) in [5, 5.41) is 18.3. The van der Waals surface area contributed by atoms with Crippen molar-refractivity contribution in [1.29, 1.82) is 10.5 Å². The van der Waals surface area contributed by atoms with E-state index in [9.17, 15) is 5.26 Å². The van der Waals surface area contributed by atoms with E-state index >= 15 is 0 Å². The minimum absolute atomic E-state index is 0. The monoisotopic (exact) mass is 597 g/mol. The average molecular weight is 597 g/mol. The first-order chi connectivity index (χ1) is 15.2. The van der Waals surface area contributed by atoms with Crippen LogP contribution in [0.25, 0.3) is 21.3 Å². The largest absolute Gasteiger partial charge is 2.00 e. The summed E-state index contributed by atoms with van der Waals surface area (Å²) in [6.45, 7) is 14.3. The van der Waals surface area contributed by atoms with E-state index in [4.69, 9.17) is 23.1 Å². The van der Waals surface area contributed by atoms with Gasteiger partial charge in [-0.2, -0.15) is 0 Å². The first kappa shape index (κ1) is 21.9. The molecule has 0 fully saturated rings. The van der Waals surface area contributed by atoms with E-state index in [0.29, 0.717) is 0 Å². The summed E-state index contributed by atoms with van der Waals surface area (Å²) >= 11 is 0. The van der Waals surface area contributed by atoms with Crippen LogP contribution in [0.15, 0.2) is 36.4 Å². The molecule has 4 aromatic rings. The maximum atomic E-state index is 9.29. The summed E-state index contributed by atoms with van der Waals surface area (Å²) in [5.74, 6) is 0.812. The van der Waals surface area contributed by atoms with Crippen molar-refractivity contribution in [1.82, 2.24) is 29.1 Å². The molecule has 4 aromatic heterocycles. The molecule has 12 heteroatoms. The molecule has 0 N–H and O–H groups in total. The molecule has 152 valence electrons. The standard InChI is InChI=1S/C20H6N10O.Pt/c1-23-19-20(24-2)30(12-26-19)16-6-4-8-18(28-16)31-17-7-3-5-15(27-17)29-11-25-13(9-21)14(29)10-22;/h3-8H;/q-2;+2. The average Bonchev–Trinajstić information content (AvgIpc) is 3.42. The normalized spacial score (nSPS) is 9.50. The van der Waals surface area contributed by atoms with Gasteiger partial charge in [0.05, 0.1) is 23.7 Å². The van der Waals surface area contributed by atoms with Gasteiger partial charge in [0.1, 0.15) is 5.82 Å². The number of aromatic nitrogens is 6. The van der Waals surface area contributed by atoms with Crippen molar-refractivity contribution in [3.8, 4) is 35.5 Å². The van der Waals surface area contributed by atoms with Crippen molar-refractivity contribution in [3.05, 3.63) is 83.3 Å². The number of ether oxygens (including phenoxy) is 1. The molecule has 0 saturated carbocycles. The molecule has 4 rings (SSSR count). The van der Waals surface area contributed by atoms with Crippen molar-refractivity contribution in [2.24, 2.45) is 0 Å². The first-order valence-corrected chi connectivity index (χ1v) is 8.37. The van der Waals surface area contributed by atoms with Crippen molar-refractivity contribution < 1.29 is 25.8 Å². The van der Waals surface area contributed by atoms with Gasteiger partial charge in [-0.3, -0.25) is 4.57 Å². The number of hydrogen-bond acceptors (Lipinski definition) is 7. The Balaban J connectivity index is 0.00000289. The van der Waals surface area contributed by atoms with Crippen LogP contribution >= 0.6 is 0 Å². The first-order valence-electron chi connectivity index (χ1n) is 8.37. The van der Waals surface area contributed by atoms with E-state index in [1.807, 2.05) is 12.1 Å². The van der Waals surface area contributed by atoms with Gasteiger partial charge in [-0.15, -0.1) is 0 Å². The van der Waals surface area contributed by atoms with Crippen molar-refractivity contribution >= 4 is 11.6 Å². The van der Waals surface area contributed by atoms with Gasteiger partial charge >= 0.3 is 26.9 Å². The number of nitrogens with zero attached hydrogens (tertiary/aromatic N) is 10. The Morgan fingerprint density at radius 2 is 1.50 bits per heavy atom. The third-order valence-corrected chi connectivity index (χ3v) is 3.89. The fourth-order valence-corrected chi connectivity index (χ4v) is 2.56. The summed E-state index contributed by atoms with van der Waals surface area (Å²) in [5.41, 5.74) is -0.0545. The molecule has 0 atom stereocenters. The predicted molar refractivity (Wildman–Crippen MR) is 102 cm³/mol.